The summed E-state index contributed by atoms with van der Waals surface area (Å²) in [4.78, 5) is 3.40. The molecule has 0 saturated carbocycles. The van der Waals surface area contributed by atoms with Gasteiger partial charge in [0.2, 0.25) is 0 Å². The van der Waals surface area contributed by atoms with Gasteiger partial charge in [0.1, 0.15) is 0 Å². The molecule has 0 bridgehead atoms. The summed E-state index contributed by atoms with van der Waals surface area (Å²) in [6, 6.07) is 4.08. The fraction of sp³-hybridized carbons (Fsp3) is 0.500. The number of aromatic amines is 1. The molecule has 0 aliphatic carbocycles. The first-order valence-electron chi connectivity index (χ1n) is 6.23. The average Bonchev–Trinajstić information content (AvgIpc) is 3.01. The van der Waals surface area contributed by atoms with Crippen LogP contribution in [0.1, 0.15) is 0 Å². The van der Waals surface area contributed by atoms with Gasteiger partial charge in [-0.1, -0.05) is 6.07 Å². The van der Waals surface area contributed by atoms with Gasteiger partial charge in [0.05, 0.1) is 24.1 Å². The van der Waals surface area contributed by atoms with Crippen LogP contribution in [0.2, 0.25) is 0 Å². The Kier molecular flexibility index (Phi) is 3.79. The molecule has 7 heteroatoms. The second kappa shape index (κ2) is 5.54. The number of thiophene rings is 1. The van der Waals surface area contributed by atoms with E-state index in [1.807, 2.05) is 16.0 Å². The van der Waals surface area contributed by atoms with Crippen molar-refractivity contribution in [3.05, 3.63) is 22.3 Å². The molecule has 1 atom stereocenters. The molecular weight excluding hydrogens is 280 g/mol. The topological polar surface area (TPSA) is 46.1 Å². The predicted molar refractivity (Wildman–Crippen MR) is 78.0 cm³/mol. The lowest BCUT2D eigenvalue weighted by Crippen LogP contribution is -2.42. The summed E-state index contributed by atoms with van der Waals surface area (Å²) in [5.74, 6) is 0.900. The fourth-order valence-corrected chi connectivity index (χ4v) is 3.19. The minimum Gasteiger partial charge on any atom is -0.374 e. The SMILES string of the molecule is CN1CCOC(Cn2c(-c3cccs3)n[nH]c2=S)C1. The van der Waals surface area contributed by atoms with Crippen molar-refractivity contribution in [2.75, 3.05) is 26.7 Å². The van der Waals surface area contributed by atoms with Crippen molar-refractivity contribution in [2.24, 2.45) is 0 Å². The number of rotatable bonds is 3. The summed E-state index contributed by atoms with van der Waals surface area (Å²) in [6.45, 7) is 3.44. The Morgan fingerprint density at radius 1 is 1.63 bits per heavy atom. The maximum Gasteiger partial charge on any atom is 0.195 e. The Balaban J connectivity index is 1.84. The van der Waals surface area contributed by atoms with Gasteiger partial charge in [0, 0.05) is 13.1 Å². The van der Waals surface area contributed by atoms with E-state index in [0.717, 1.165) is 36.9 Å². The number of H-pyrrole nitrogens is 1. The minimum absolute atomic E-state index is 0.168. The van der Waals surface area contributed by atoms with E-state index >= 15 is 0 Å². The molecular formula is C12H16N4OS2. The molecule has 3 heterocycles. The number of ether oxygens (including phenoxy) is 1. The number of likely N-dealkylation sites (N-methyl/N-ethyl adjacent to an activating group) is 1. The molecule has 0 amide bonds. The summed E-state index contributed by atoms with van der Waals surface area (Å²) in [5.41, 5.74) is 0. The normalized spacial score (nSPS) is 20.8. The number of hydrogen-bond donors (Lipinski definition) is 1. The molecule has 1 aliphatic heterocycles. The zero-order valence-electron chi connectivity index (χ0n) is 10.7. The average molecular weight is 296 g/mol. The van der Waals surface area contributed by atoms with E-state index < -0.39 is 0 Å². The molecule has 1 N–H and O–H groups in total. The first kappa shape index (κ1) is 13.0. The van der Waals surface area contributed by atoms with E-state index in [9.17, 15) is 0 Å². The van der Waals surface area contributed by atoms with Crippen LogP contribution in [0.5, 0.6) is 0 Å². The van der Waals surface area contributed by atoms with Gasteiger partial charge < -0.3 is 9.64 Å². The maximum absolute atomic E-state index is 5.80. The van der Waals surface area contributed by atoms with E-state index in [1.54, 1.807) is 11.3 Å². The number of nitrogens with zero attached hydrogens (tertiary/aromatic N) is 3. The van der Waals surface area contributed by atoms with Crippen LogP contribution in [0.3, 0.4) is 0 Å². The van der Waals surface area contributed by atoms with Gasteiger partial charge in [0.15, 0.2) is 10.6 Å². The molecule has 19 heavy (non-hydrogen) atoms. The molecule has 1 fully saturated rings. The molecule has 102 valence electrons. The lowest BCUT2D eigenvalue weighted by atomic mass is 10.3. The Bertz CT molecular complexity index is 589. The summed E-state index contributed by atoms with van der Waals surface area (Å²) in [6.07, 6.45) is 0.168. The first-order chi connectivity index (χ1) is 9.24. The van der Waals surface area contributed by atoms with Crippen molar-refractivity contribution in [1.29, 1.82) is 0 Å². The van der Waals surface area contributed by atoms with Crippen LogP contribution in [0.25, 0.3) is 10.7 Å². The van der Waals surface area contributed by atoms with Gasteiger partial charge in [-0.25, -0.2) is 0 Å². The number of aromatic nitrogens is 3. The number of morpholine rings is 1. The highest BCUT2D eigenvalue weighted by Crippen LogP contribution is 2.23. The third-order valence-corrected chi connectivity index (χ3v) is 4.41. The van der Waals surface area contributed by atoms with Gasteiger partial charge >= 0.3 is 0 Å². The summed E-state index contributed by atoms with van der Waals surface area (Å²) >= 11 is 6.99. The fourth-order valence-electron chi connectivity index (χ4n) is 2.26. The van der Waals surface area contributed by atoms with E-state index in [1.165, 1.54) is 0 Å². The lowest BCUT2D eigenvalue weighted by molar-refractivity contribution is -0.0274. The molecule has 1 saturated heterocycles. The smallest absolute Gasteiger partial charge is 0.195 e. The quantitative estimate of drug-likeness (QED) is 0.880. The summed E-state index contributed by atoms with van der Waals surface area (Å²) < 4.78 is 8.49. The molecule has 1 aliphatic rings. The Labute approximate surface area is 120 Å². The van der Waals surface area contributed by atoms with Gasteiger partial charge in [0.25, 0.3) is 0 Å². The van der Waals surface area contributed by atoms with Gasteiger partial charge in [-0.15, -0.1) is 11.3 Å². The highest BCUT2D eigenvalue weighted by molar-refractivity contribution is 7.71. The monoisotopic (exact) mass is 296 g/mol. The van der Waals surface area contributed by atoms with Gasteiger partial charge in [-0.2, -0.15) is 5.10 Å². The van der Waals surface area contributed by atoms with Crippen LogP contribution in [0, 0.1) is 4.77 Å². The first-order valence-corrected chi connectivity index (χ1v) is 7.52. The molecule has 2 aromatic rings. The Morgan fingerprint density at radius 3 is 3.26 bits per heavy atom. The molecule has 0 radical (unpaired) electrons. The number of hydrogen-bond acceptors (Lipinski definition) is 5. The molecule has 3 rings (SSSR count). The molecule has 0 spiro atoms. The van der Waals surface area contributed by atoms with Crippen LogP contribution in [-0.2, 0) is 11.3 Å². The predicted octanol–water partition coefficient (Wildman–Crippen LogP) is 2.00. The van der Waals surface area contributed by atoms with E-state index in [0.29, 0.717) is 4.77 Å². The van der Waals surface area contributed by atoms with Crippen molar-refractivity contribution >= 4 is 23.6 Å². The standard InChI is InChI=1S/C12H16N4OS2/c1-15-4-5-17-9(7-15)8-16-11(13-14-12(16)18)10-3-2-6-19-10/h2-3,6,9H,4-5,7-8H2,1H3,(H,14,18). The van der Waals surface area contributed by atoms with Crippen molar-refractivity contribution in [3.63, 3.8) is 0 Å². The summed E-state index contributed by atoms with van der Waals surface area (Å²) in [7, 11) is 2.12. The largest absolute Gasteiger partial charge is 0.374 e. The van der Waals surface area contributed by atoms with Crippen LogP contribution in [-0.4, -0.2) is 52.5 Å². The second-order valence-corrected chi connectivity index (χ2v) is 6.03. The van der Waals surface area contributed by atoms with Crippen LogP contribution < -0.4 is 0 Å². The third-order valence-electron chi connectivity index (χ3n) is 3.23. The van der Waals surface area contributed by atoms with Crippen molar-refractivity contribution in [3.8, 4) is 10.7 Å². The lowest BCUT2D eigenvalue weighted by Gasteiger charge is -2.30. The van der Waals surface area contributed by atoms with Crippen molar-refractivity contribution in [2.45, 2.75) is 12.6 Å². The van der Waals surface area contributed by atoms with Crippen molar-refractivity contribution < 1.29 is 4.74 Å². The van der Waals surface area contributed by atoms with Gasteiger partial charge in [-0.05, 0) is 30.7 Å². The highest BCUT2D eigenvalue weighted by Gasteiger charge is 2.20. The molecule has 1 unspecified atom stereocenters. The molecule has 5 nitrogen and oxygen atoms in total. The highest BCUT2D eigenvalue weighted by atomic mass is 32.1. The zero-order chi connectivity index (χ0) is 13.2. The third kappa shape index (κ3) is 2.79. The Morgan fingerprint density at radius 2 is 2.53 bits per heavy atom. The van der Waals surface area contributed by atoms with Crippen LogP contribution in [0.4, 0.5) is 0 Å². The maximum atomic E-state index is 5.80. The van der Waals surface area contributed by atoms with Crippen LogP contribution >= 0.6 is 23.6 Å². The van der Waals surface area contributed by atoms with E-state index in [-0.39, 0.29) is 6.10 Å². The summed E-state index contributed by atoms with van der Waals surface area (Å²) in [5, 5.41) is 9.25. The molecule has 0 aromatic carbocycles. The van der Waals surface area contributed by atoms with E-state index in [2.05, 4.69) is 28.2 Å². The van der Waals surface area contributed by atoms with Gasteiger partial charge in [-0.3, -0.25) is 9.67 Å². The molecule has 2 aromatic heterocycles. The minimum atomic E-state index is 0.168. The zero-order valence-corrected chi connectivity index (χ0v) is 12.3. The Hall–Kier alpha value is -1.02. The van der Waals surface area contributed by atoms with Crippen molar-refractivity contribution in [1.82, 2.24) is 19.7 Å². The van der Waals surface area contributed by atoms with E-state index in [4.69, 9.17) is 17.0 Å². The number of nitrogens with one attached hydrogen (secondary N) is 1. The second-order valence-electron chi connectivity index (χ2n) is 4.70. The van der Waals surface area contributed by atoms with Crippen LogP contribution in [0.15, 0.2) is 17.5 Å².